The SMILES string of the molecule is COc1ccc(C[NH+]2CC[NH+]([C@@H](C)C(=O)Nc3ccc4c(c3)OCO4)CC2)cc1F. The summed E-state index contributed by atoms with van der Waals surface area (Å²) >= 11 is 0. The number of fused-ring (bicyclic) bond motifs is 1. The third-order valence-corrected chi connectivity index (χ3v) is 5.92. The van der Waals surface area contributed by atoms with Crippen LogP contribution in [0.1, 0.15) is 12.5 Å². The fraction of sp³-hybridized carbons (Fsp3) is 0.409. The number of nitrogens with one attached hydrogen (secondary N) is 3. The number of rotatable bonds is 6. The maximum Gasteiger partial charge on any atom is 0.282 e. The number of ether oxygens (including phenoxy) is 3. The summed E-state index contributed by atoms with van der Waals surface area (Å²) in [4.78, 5) is 15.4. The normalized spacial score (nSPS) is 21.2. The highest BCUT2D eigenvalue weighted by Gasteiger charge is 2.31. The van der Waals surface area contributed by atoms with Crippen LogP contribution in [-0.2, 0) is 11.3 Å². The van der Waals surface area contributed by atoms with Gasteiger partial charge in [-0.25, -0.2) is 4.39 Å². The van der Waals surface area contributed by atoms with Gasteiger partial charge in [0.05, 0.1) is 7.11 Å². The van der Waals surface area contributed by atoms with Crippen molar-refractivity contribution in [2.45, 2.75) is 19.5 Å². The molecule has 2 aliphatic heterocycles. The van der Waals surface area contributed by atoms with Gasteiger partial charge in [-0.2, -0.15) is 0 Å². The molecule has 0 saturated carbocycles. The predicted octanol–water partition coefficient (Wildman–Crippen LogP) is -0.126. The van der Waals surface area contributed by atoms with Crippen molar-refractivity contribution in [1.29, 1.82) is 0 Å². The number of quaternary nitrogens is 2. The van der Waals surface area contributed by atoms with Crippen molar-refractivity contribution in [3.05, 3.63) is 47.8 Å². The Morgan fingerprint density at radius 1 is 1.13 bits per heavy atom. The number of halogens is 1. The van der Waals surface area contributed by atoms with E-state index in [1.807, 2.05) is 19.1 Å². The van der Waals surface area contributed by atoms with Gasteiger partial charge in [0.2, 0.25) is 6.79 Å². The topological polar surface area (TPSA) is 65.7 Å². The van der Waals surface area contributed by atoms with E-state index >= 15 is 0 Å². The molecule has 0 radical (unpaired) electrons. The van der Waals surface area contributed by atoms with Crippen molar-refractivity contribution < 1.29 is 33.2 Å². The zero-order chi connectivity index (χ0) is 21.1. The average molecular weight is 417 g/mol. The van der Waals surface area contributed by atoms with E-state index in [9.17, 15) is 9.18 Å². The van der Waals surface area contributed by atoms with Crippen molar-refractivity contribution in [2.75, 3.05) is 45.4 Å². The van der Waals surface area contributed by atoms with E-state index in [-0.39, 0.29) is 30.3 Å². The second-order valence-electron chi connectivity index (χ2n) is 7.83. The van der Waals surface area contributed by atoms with Gasteiger partial charge in [-0.1, -0.05) is 0 Å². The summed E-state index contributed by atoms with van der Waals surface area (Å²) in [5.74, 6) is 1.28. The molecular weight excluding hydrogens is 389 g/mol. The number of hydrogen-bond donors (Lipinski definition) is 3. The Labute approximate surface area is 175 Å². The van der Waals surface area contributed by atoms with Crippen LogP contribution < -0.4 is 29.3 Å². The molecule has 1 amide bonds. The molecule has 0 unspecified atom stereocenters. The van der Waals surface area contributed by atoms with Gasteiger partial charge in [0, 0.05) is 17.3 Å². The van der Waals surface area contributed by atoms with Crippen molar-refractivity contribution in [1.82, 2.24) is 0 Å². The van der Waals surface area contributed by atoms with Crippen LogP contribution in [0.3, 0.4) is 0 Å². The molecule has 4 rings (SSSR count). The molecule has 160 valence electrons. The Morgan fingerprint density at radius 3 is 2.63 bits per heavy atom. The molecular formula is C22H28FN3O4+2. The summed E-state index contributed by atoms with van der Waals surface area (Å²) in [5.41, 5.74) is 1.67. The summed E-state index contributed by atoms with van der Waals surface area (Å²) < 4.78 is 29.6. The van der Waals surface area contributed by atoms with Gasteiger partial charge in [-0.05, 0) is 37.3 Å². The lowest BCUT2D eigenvalue weighted by molar-refractivity contribution is -1.02. The van der Waals surface area contributed by atoms with Crippen molar-refractivity contribution in [3.8, 4) is 17.2 Å². The second kappa shape index (κ2) is 8.89. The summed E-state index contributed by atoms with van der Waals surface area (Å²) in [6, 6.07) is 10.4. The van der Waals surface area contributed by atoms with Crippen LogP contribution in [0.15, 0.2) is 36.4 Å². The smallest absolute Gasteiger partial charge is 0.282 e. The summed E-state index contributed by atoms with van der Waals surface area (Å²) in [6.45, 7) is 6.60. The van der Waals surface area contributed by atoms with Crippen molar-refractivity contribution in [2.24, 2.45) is 0 Å². The molecule has 2 aliphatic rings. The maximum atomic E-state index is 13.9. The van der Waals surface area contributed by atoms with Crippen LogP contribution in [0, 0.1) is 5.82 Å². The third kappa shape index (κ3) is 4.49. The fourth-order valence-corrected chi connectivity index (χ4v) is 4.05. The first-order valence-corrected chi connectivity index (χ1v) is 10.2. The van der Waals surface area contributed by atoms with Gasteiger partial charge < -0.3 is 29.3 Å². The minimum atomic E-state index is -0.326. The zero-order valence-corrected chi connectivity index (χ0v) is 17.3. The Bertz CT molecular complexity index is 915. The molecule has 0 spiro atoms. The van der Waals surface area contributed by atoms with Crippen molar-refractivity contribution >= 4 is 11.6 Å². The van der Waals surface area contributed by atoms with Crippen LogP contribution in [0.25, 0.3) is 0 Å². The number of carbonyl (C=O) groups excluding carboxylic acids is 1. The molecule has 30 heavy (non-hydrogen) atoms. The van der Waals surface area contributed by atoms with Crippen LogP contribution in [0.5, 0.6) is 17.2 Å². The number of piperazine rings is 1. The Balaban J connectivity index is 1.28. The lowest BCUT2D eigenvalue weighted by Crippen LogP contribution is -3.29. The molecule has 1 atom stereocenters. The number of hydrogen-bond acceptors (Lipinski definition) is 4. The second-order valence-corrected chi connectivity index (χ2v) is 7.83. The van der Waals surface area contributed by atoms with E-state index < -0.39 is 0 Å². The van der Waals surface area contributed by atoms with Gasteiger partial charge in [-0.15, -0.1) is 0 Å². The van der Waals surface area contributed by atoms with Crippen molar-refractivity contribution in [3.63, 3.8) is 0 Å². The Morgan fingerprint density at radius 2 is 1.90 bits per heavy atom. The number of methoxy groups -OCH3 is 1. The highest BCUT2D eigenvalue weighted by Crippen LogP contribution is 2.34. The molecule has 1 fully saturated rings. The predicted molar refractivity (Wildman–Crippen MR) is 109 cm³/mol. The van der Waals surface area contributed by atoms with Gasteiger partial charge in [0.25, 0.3) is 5.91 Å². The molecule has 1 saturated heterocycles. The molecule has 7 nitrogen and oxygen atoms in total. The Hall–Kier alpha value is -2.84. The minimum Gasteiger partial charge on any atom is -0.494 e. The Kier molecular flexibility index (Phi) is 6.06. The first-order valence-electron chi connectivity index (χ1n) is 10.2. The van der Waals surface area contributed by atoms with Crippen LogP contribution in [0.2, 0.25) is 0 Å². The lowest BCUT2D eigenvalue weighted by Gasteiger charge is -2.32. The van der Waals surface area contributed by atoms with E-state index in [0.29, 0.717) is 17.2 Å². The largest absolute Gasteiger partial charge is 0.494 e. The molecule has 0 aromatic heterocycles. The van der Waals surface area contributed by atoms with E-state index in [4.69, 9.17) is 14.2 Å². The molecule has 3 N–H and O–H groups in total. The molecule has 2 aromatic carbocycles. The maximum absolute atomic E-state index is 13.9. The first kappa shape index (κ1) is 20.4. The monoisotopic (exact) mass is 417 g/mol. The molecule has 0 aliphatic carbocycles. The number of anilines is 1. The van der Waals surface area contributed by atoms with E-state index in [0.717, 1.165) is 38.3 Å². The van der Waals surface area contributed by atoms with E-state index in [1.165, 1.54) is 16.9 Å². The first-order chi connectivity index (χ1) is 14.5. The van der Waals surface area contributed by atoms with Crippen LogP contribution in [-0.4, -0.2) is 52.0 Å². The number of amides is 1. The minimum absolute atomic E-state index is 0.00968. The average Bonchev–Trinajstić information content (AvgIpc) is 3.22. The van der Waals surface area contributed by atoms with Crippen LogP contribution in [0.4, 0.5) is 10.1 Å². The van der Waals surface area contributed by atoms with Gasteiger partial charge in [-0.3, -0.25) is 4.79 Å². The van der Waals surface area contributed by atoms with Gasteiger partial charge >= 0.3 is 0 Å². The van der Waals surface area contributed by atoms with Gasteiger partial charge in [0.15, 0.2) is 29.1 Å². The van der Waals surface area contributed by atoms with E-state index in [2.05, 4.69) is 5.32 Å². The van der Waals surface area contributed by atoms with E-state index in [1.54, 1.807) is 24.3 Å². The highest BCUT2D eigenvalue weighted by atomic mass is 19.1. The molecule has 0 bridgehead atoms. The standard InChI is InChI=1S/C22H26FN3O4/c1-15(22(27)24-17-4-6-20-21(12-17)30-14-29-20)26-9-7-25(8-10-26)13-16-3-5-19(28-2)18(23)11-16/h3-6,11-12,15H,7-10,13-14H2,1-2H3,(H,24,27)/p+2/t15-/m0/s1. The number of benzene rings is 2. The number of carbonyl (C=O) groups is 1. The lowest BCUT2D eigenvalue weighted by atomic mass is 10.1. The van der Waals surface area contributed by atoms with Gasteiger partial charge in [0.1, 0.15) is 32.7 Å². The third-order valence-electron chi connectivity index (χ3n) is 5.92. The summed E-state index contributed by atoms with van der Waals surface area (Å²) in [7, 11) is 1.47. The summed E-state index contributed by atoms with van der Waals surface area (Å²) in [6.07, 6.45) is 0. The van der Waals surface area contributed by atoms with Crippen LogP contribution >= 0.6 is 0 Å². The fourth-order valence-electron chi connectivity index (χ4n) is 4.05. The zero-order valence-electron chi connectivity index (χ0n) is 17.3. The summed E-state index contributed by atoms with van der Waals surface area (Å²) in [5, 5.41) is 2.98. The quantitative estimate of drug-likeness (QED) is 0.613. The highest BCUT2D eigenvalue weighted by molar-refractivity contribution is 5.94. The molecule has 2 heterocycles. The molecule has 8 heteroatoms. The molecule has 2 aromatic rings.